The van der Waals surface area contributed by atoms with Gasteiger partial charge in [0.2, 0.25) is 0 Å². The Labute approximate surface area is 112 Å². The van der Waals surface area contributed by atoms with Crippen molar-refractivity contribution in [2.24, 2.45) is 0 Å². The standard InChI is InChI=1S/C11H7ClN2OS2/c12-11-13-5-7(15-11)6-14-3-1-2-9-8(14)4-10(16)17-9/h1-5H,6H2. The van der Waals surface area contributed by atoms with Crippen LogP contribution in [0.5, 0.6) is 0 Å². The second-order valence-corrected chi connectivity index (χ2v) is 5.64. The third kappa shape index (κ3) is 2.13. The molecule has 0 saturated carbocycles. The Balaban J connectivity index is 2.03. The second-order valence-electron chi connectivity index (χ2n) is 3.53. The molecule has 1 aromatic heterocycles. The summed E-state index contributed by atoms with van der Waals surface area (Å²) in [5.41, 5.74) is 1.11. The Bertz CT molecular complexity index is 685. The zero-order valence-electron chi connectivity index (χ0n) is 8.59. The fourth-order valence-corrected chi connectivity index (χ4v) is 3.04. The van der Waals surface area contributed by atoms with Crippen molar-refractivity contribution in [3.05, 3.63) is 45.5 Å². The molecule has 1 aromatic rings. The van der Waals surface area contributed by atoms with Crippen LogP contribution in [-0.4, -0.2) is 9.55 Å². The van der Waals surface area contributed by atoms with Gasteiger partial charge < -0.3 is 8.98 Å². The highest BCUT2D eigenvalue weighted by atomic mass is 35.5. The van der Waals surface area contributed by atoms with Crippen molar-refractivity contribution in [3.8, 4) is 10.6 Å². The zero-order chi connectivity index (χ0) is 11.8. The Morgan fingerprint density at radius 1 is 1.53 bits per heavy atom. The quantitative estimate of drug-likeness (QED) is 0.664. The van der Waals surface area contributed by atoms with Crippen LogP contribution in [-0.2, 0) is 6.54 Å². The molecule has 86 valence electrons. The van der Waals surface area contributed by atoms with Gasteiger partial charge in [-0.15, -0.1) is 11.3 Å². The van der Waals surface area contributed by atoms with Crippen LogP contribution in [0.25, 0.3) is 10.6 Å². The minimum Gasteiger partial charge on any atom is -0.431 e. The average Bonchev–Trinajstić information content (AvgIpc) is 2.84. The molecule has 0 atom stereocenters. The number of hydrogen-bond donors (Lipinski definition) is 0. The van der Waals surface area contributed by atoms with E-state index in [4.69, 9.17) is 28.2 Å². The summed E-state index contributed by atoms with van der Waals surface area (Å²) in [4.78, 5) is 5.04. The van der Waals surface area contributed by atoms with E-state index >= 15 is 0 Å². The largest absolute Gasteiger partial charge is 0.431 e. The molecule has 0 radical (unpaired) electrons. The molecule has 0 bridgehead atoms. The molecule has 0 aliphatic carbocycles. The zero-order valence-corrected chi connectivity index (χ0v) is 11.0. The number of halogens is 1. The molecule has 0 spiro atoms. The van der Waals surface area contributed by atoms with Gasteiger partial charge in [0.15, 0.2) is 0 Å². The van der Waals surface area contributed by atoms with Crippen LogP contribution in [0.3, 0.4) is 0 Å². The number of thiophene rings is 1. The predicted molar refractivity (Wildman–Crippen MR) is 70.4 cm³/mol. The summed E-state index contributed by atoms with van der Waals surface area (Å²) >= 11 is 12.4. The molecule has 0 saturated heterocycles. The SMILES string of the molecule is S=c1cc2n(Cc3cnc(Cl)o3)cccc-2s1. The fraction of sp³-hybridized carbons (Fsp3) is 0.0909. The normalized spacial score (nSPS) is 11.1. The summed E-state index contributed by atoms with van der Waals surface area (Å²) in [6.07, 6.45) is 3.62. The highest BCUT2D eigenvalue weighted by Gasteiger charge is 2.10. The molecule has 3 nitrogen and oxygen atoms in total. The number of nitrogens with zero attached hydrogens (tertiary/aromatic N) is 2. The van der Waals surface area contributed by atoms with E-state index in [0.29, 0.717) is 6.54 Å². The van der Waals surface area contributed by atoms with E-state index in [0.717, 1.165) is 15.3 Å². The number of hydrogen-bond acceptors (Lipinski definition) is 4. The van der Waals surface area contributed by atoms with Gasteiger partial charge in [-0.3, -0.25) is 0 Å². The van der Waals surface area contributed by atoms with Crippen LogP contribution < -0.4 is 0 Å². The van der Waals surface area contributed by atoms with E-state index in [2.05, 4.69) is 15.6 Å². The van der Waals surface area contributed by atoms with E-state index < -0.39 is 0 Å². The summed E-state index contributed by atoms with van der Waals surface area (Å²) < 4.78 is 8.21. The maximum Gasteiger partial charge on any atom is 0.292 e. The van der Waals surface area contributed by atoms with E-state index in [1.165, 1.54) is 4.88 Å². The van der Waals surface area contributed by atoms with E-state index in [1.807, 2.05) is 18.3 Å². The van der Waals surface area contributed by atoms with Gasteiger partial charge >= 0.3 is 0 Å². The van der Waals surface area contributed by atoms with Crippen molar-refractivity contribution in [2.45, 2.75) is 6.54 Å². The third-order valence-corrected chi connectivity index (χ3v) is 3.82. The van der Waals surface area contributed by atoms with Crippen molar-refractivity contribution in [3.63, 3.8) is 0 Å². The molecule has 2 aliphatic rings. The van der Waals surface area contributed by atoms with E-state index in [1.54, 1.807) is 17.5 Å². The maximum absolute atomic E-state index is 5.65. The Morgan fingerprint density at radius 2 is 2.41 bits per heavy atom. The van der Waals surface area contributed by atoms with Crippen molar-refractivity contribution < 1.29 is 4.42 Å². The highest BCUT2D eigenvalue weighted by molar-refractivity contribution is 7.73. The summed E-state index contributed by atoms with van der Waals surface area (Å²) in [5.74, 6) is 0.726. The minimum absolute atomic E-state index is 0.169. The van der Waals surface area contributed by atoms with Crippen LogP contribution >= 0.6 is 35.2 Å². The Hall–Kier alpha value is -1.17. The van der Waals surface area contributed by atoms with Gasteiger partial charge in [0.25, 0.3) is 5.35 Å². The van der Waals surface area contributed by atoms with Gasteiger partial charge in [0, 0.05) is 6.20 Å². The molecule has 0 unspecified atom stereocenters. The first-order valence-corrected chi connectivity index (χ1v) is 6.52. The van der Waals surface area contributed by atoms with Crippen molar-refractivity contribution in [2.75, 3.05) is 0 Å². The third-order valence-electron chi connectivity index (χ3n) is 2.39. The van der Waals surface area contributed by atoms with Crippen molar-refractivity contribution in [1.29, 1.82) is 0 Å². The summed E-state index contributed by atoms with van der Waals surface area (Å²) in [6, 6.07) is 6.04. The molecule has 0 aromatic carbocycles. The number of aromatic nitrogens is 2. The molecule has 6 heteroatoms. The van der Waals surface area contributed by atoms with E-state index in [9.17, 15) is 0 Å². The summed E-state index contributed by atoms with van der Waals surface area (Å²) in [5, 5.41) is 0.169. The lowest BCUT2D eigenvalue weighted by Gasteiger charge is -2.09. The lowest BCUT2D eigenvalue weighted by Crippen LogP contribution is -2.01. The smallest absolute Gasteiger partial charge is 0.292 e. The molecule has 0 N–H and O–H groups in total. The van der Waals surface area contributed by atoms with Crippen molar-refractivity contribution in [1.82, 2.24) is 9.55 Å². The second kappa shape index (κ2) is 4.25. The van der Waals surface area contributed by atoms with Gasteiger partial charge in [-0.1, -0.05) is 12.2 Å². The molecule has 3 rings (SSSR count). The average molecular weight is 283 g/mol. The fourth-order valence-electron chi connectivity index (χ4n) is 1.69. The number of fused-ring (bicyclic) bond motifs is 1. The molecule has 17 heavy (non-hydrogen) atoms. The first kappa shape index (κ1) is 11.0. The summed E-state index contributed by atoms with van der Waals surface area (Å²) in [6.45, 7) is 0.600. The molecular weight excluding hydrogens is 276 g/mol. The number of oxazole rings is 1. The van der Waals surface area contributed by atoms with Gasteiger partial charge in [-0.25, -0.2) is 4.98 Å². The molecule has 3 heterocycles. The van der Waals surface area contributed by atoms with Crippen LogP contribution in [0.4, 0.5) is 0 Å². The molecule has 0 fully saturated rings. The number of pyridine rings is 1. The Kier molecular flexibility index (Phi) is 2.74. The predicted octanol–water partition coefficient (Wildman–Crippen LogP) is 4.07. The topological polar surface area (TPSA) is 31.0 Å². The van der Waals surface area contributed by atoms with Gasteiger partial charge in [0.1, 0.15) is 5.76 Å². The van der Waals surface area contributed by atoms with Gasteiger partial charge in [-0.05, 0) is 29.8 Å². The number of rotatable bonds is 2. The van der Waals surface area contributed by atoms with Crippen LogP contribution in [0, 0.1) is 3.82 Å². The van der Waals surface area contributed by atoms with Crippen LogP contribution in [0.2, 0.25) is 5.35 Å². The molecular formula is C11H7ClN2OS2. The Morgan fingerprint density at radius 3 is 3.18 bits per heavy atom. The first-order chi connectivity index (χ1) is 8.22. The maximum atomic E-state index is 5.65. The van der Waals surface area contributed by atoms with Crippen LogP contribution in [0.15, 0.2) is 35.0 Å². The van der Waals surface area contributed by atoms with Crippen LogP contribution in [0.1, 0.15) is 5.76 Å². The summed E-state index contributed by atoms with van der Waals surface area (Å²) in [7, 11) is 0. The lowest BCUT2D eigenvalue weighted by atomic mass is 10.3. The molecule has 2 aliphatic heterocycles. The minimum atomic E-state index is 0.169. The first-order valence-electron chi connectivity index (χ1n) is 4.91. The monoisotopic (exact) mass is 282 g/mol. The molecule has 0 amide bonds. The van der Waals surface area contributed by atoms with Gasteiger partial charge in [0.05, 0.1) is 27.1 Å². The van der Waals surface area contributed by atoms with Crippen molar-refractivity contribution >= 4 is 35.2 Å². The van der Waals surface area contributed by atoms with Gasteiger partial charge in [-0.2, -0.15) is 0 Å². The lowest BCUT2D eigenvalue weighted by molar-refractivity contribution is 0.491. The van der Waals surface area contributed by atoms with E-state index in [-0.39, 0.29) is 5.35 Å². The highest BCUT2D eigenvalue weighted by Crippen LogP contribution is 2.29.